The molecule has 0 radical (unpaired) electrons. The number of furan rings is 1. The molecule has 1 aromatic heterocycles. The highest BCUT2D eigenvalue weighted by Gasteiger charge is 2.50. The summed E-state index contributed by atoms with van der Waals surface area (Å²) < 4.78 is 33.3. The Balaban J connectivity index is 1.41. The SMILES string of the molecule is O=C(c1ccco1)N1CCC2(CCC2NS(=O)(=O)c2ccccc2)CC1. The average Bonchev–Trinajstić information content (AvgIpc) is 3.20. The predicted octanol–water partition coefficient (Wildman–Crippen LogP) is 2.64. The maximum absolute atomic E-state index is 12.6. The molecule has 1 amide bonds. The first-order valence-corrected chi connectivity index (χ1v) is 10.4. The van der Waals surface area contributed by atoms with Gasteiger partial charge in [-0.25, -0.2) is 13.1 Å². The third kappa shape index (κ3) is 3.05. The monoisotopic (exact) mass is 374 g/mol. The minimum atomic E-state index is -3.51. The minimum absolute atomic E-state index is 0.0399. The summed E-state index contributed by atoms with van der Waals surface area (Å²) in [7, 11) is -3.51. The molecule has 6 nitrogen and oxygen atoms in total. The molecule has 1 aliphatic heterocycles. The largest absolute Gasteiger partial charge is 0.459 e. The zero-order valence-electron chi connectivity index (χ0n) is 14.4. The molecular formula is C19H22N2O4S. The standard InChI is InChI=1S/C19H22N2O4S/c22-18(16-7-4-14-25-16)21-12-10-19(11-13-21)9-8-17(19)20-26(23,24)15-5-2-1-3-6-15/h1-7,14,17,20H,8-13H2. The molecule has 0 bridgehead atoms. The van der Waals surface area contributed by atoms with Crippen LogP contribution in [0.15, 0.2) is 58.0 Å². The number of carbonyl (C=O) groups is 1. The molecule has 1 N–H and O–H groups in total. The van der Waals surface area contributed by atoms with E-state index in [2.05, 4.69) is 4.72 Å². The van der Waals surface area contributed by atoms with E-state index in [9.17, 15) is 13.2 Å². The fourth-order valence-electron chi connectivity index (χ4n) is 4.05. The van der Waals surface area contributed by atoms with Gasteiger partial charge < -0.3 is 9.32 Å². The van der Waals surface area contributed by atoms with Gasteiger partial charge in [-0.3, -0.25) is 4.79 Å². The molecule has 1 aromatic carbocycles. The van der Waals surface area contributed by atoms with E-state index in [1.807, 2.05) is 0 Å². The molecule has 1 aliphatic carbocycles. The van der Waals surface area contributed by atoms with E-state index < -0.39 is 10.0 Å². The number of nitrogens with one attached hydrogen (secondary N) is 1. The van der Waals surface area contributed by atoms with Gasteiger partial charge in [-0.1, -0.05) is 18.2 Å². The molecule has 26 heavy (non-hydrogen) atoms. The quantitative estimate of drug-likeness (QED) is 0.892. The van der Waals surface area contributed by atoms with Crippen LogP contribution in [0.4, 0.5) is 0 Å². The van der Waals surface area contributed by atoms with Gasteiger partial charge in [-0.15, -0.1) is 0 Å². The Morgan fingerprint density at radius 2 is 1.81 bits per heavy atom. The van der Waals surface area contributed by atoms with Gasteiger partial charge in [0.25, 0.3) is 5.91 Å². The van der Waals surface area contributed by atoms with Crippen LogP contribution in [0.3, 0.4) is 0 Å². The number of likely N-dealkylation sites (tertiary alicyclic amines) is 1. The topological polar surface area (TPSA) is 79.6 Å². The Kier molecular flexibility index (Phi) is 4.36. The van der Waals surface area contributed by atoms with Gasteiger partial charge >= 0.3 is 0 Å². The summed E-state index contributed by atoms with van der Waals surface area (Å²) in [6, 6.07) is 11.8. The Labute approximate surface area is 153 Å². The molecule has 1 atom stereocenters. The van der Waals surface area contributed by atoms with E-state index in [4.69, 9.17) is 4.42 Å². The summed E-state index contributed by atoms with van der Waals surface area (Å²) in [5.41, 5.74) is -0.0399. The molecule has 7 heteroatoms. The third-order valence-electron chi connectivity index (χ3n) is 5.80. The lowest BCUT2D eigenvalue weighted by atomic mass is 9.59. The van der Waals surface area contributed by atoms with Crippen LogP contribution >= 0.6 is 0 Å². The van der Waals surface area contributed by atoms with Gasteiger partial charge in [-0.2, -0.15) is 0 Å². The zero-order valence-corrected chi connectivity index (χ0v) is 15.2. The number of amides is 1. The minimum Gasteiger partial charge on any atom is -0.459 e. The van der Waals surface area contributed by atoms with Crippen LogP contribution < -0.4 is 4.72 Å². The van der Waals surface area contributed by atoms with Gasteiger partial charge in [0.05, 0.1) is 11.2 Å². The number of nitrogens with zero attached hydrogens (tertiary/aromatic N) is 1. The normalized spacial score (nSPS) is 22.2. The number of hydrogen-bond donors (Lipinski definition) is 1. The van der Waals surface area contributed by atoms with Crippen LogP contribution in [0, 0.1) is 5.41 Å². The van der Waals surface area contributed by atoms with Gasteiger partial charge in [-0.05, 0) is 55.4 Å². The first-order valence-electron chi connectivity index (χ1n) is 8.90. The van der Waals surface area contributed by atoms with Gasteiger partial charge in [0, 0.05) is 19.1 Å². The van der Waals surface area contributed by atoms with Crippen molar-refractivity contribution in [2.45, 2.75) is 36.6 Å². The second kappa shape index (κ2) is 6.55. The number of benzene rings is 1. The number of carbonyl (C=O) groups excluding carboxylic acids is 1. The molecule has 1 unspecified atom stereocenters. The lowest BCUT2D eigenvalue weighted by Crippen LogP contribution is -2.59. The molecule has 2 fully saturated rings. The van der Waals surface area contributed by atoms with Crippen molar-refractivity contribution in [3.63, 3.8) is 0 Å². The first-order chi connectivity index (χ1) is 12.5. The number of hydrogen-bond acceptors (Lipinski definition) is 4. The summed E-state index contributed by atoms with van der Waals surface area (Å²) in [5.74, 6) is 0.265. The lowest BCUT2D eigenvalue weighted by molar-refractivity contribution is 0.00404. The highest BCUT2D eigenvalue weighted by atomic mass is 32.2. The molecule has 2 aromatic rings. The molecule has 4 rings (SSSR count). The van der Waals surface area contributed by atoms with E-state index >= 15 is 0 Å². The Bertz CT molecular complexity index is 870. The van der Waals surface area contributed by atoms with Crippen molar-refractivity contribution < 1.29 is 17.6 Å². The van der Waals surface area contributed by atoms with Gasteiger partial charge in [0.2, 0.25) is 10.0 Å². The molecule has 1 spiro atoms. The second-order valence-corrected chi connectivity index (χ2v) is 8.87. The molecule has 138 valence electrons. The fraction of sp³-hybridized carbons (Fsp3) is 0.421. The summed E-state index contributed by atoms with van der Waals surface area (Å²) >= 11 is 0. The Morgan fingerprint density at radius 3 is 2.38 bits per heavy atom. The van der Waals surface area contributed by atoms with Crippen LogP contribution in [0.25, 0.3) is 0 Å². The highest BCUT2D eigenvalue weighted by molar-refractivity contribution is 7.89. The van der Waals surface area contributed by atoms with Crippen molar-refractivity contribution >= 4 is 15.9 Å². The smallest absolute Gasteiger partial charge is 0.289 e. The molecule has 2 aliphatic rings. The number of rotatable bonds is 4. The summed E-state index contributed by atoms with van der Waals surface area (Å²) in [5, 5.41) is 0. The third-order valence-corrected chi connectivity index (χ3v) is 7.29. The van der Waals surface area contributed by atoms with Crippen LogP contribution in [0.2, 0.25) is 0 Å². The van der Waals surface area contributed by atoms with Gasteiger partial charge in [0.15, 0.2) is 5.76 Å². The van der Waals surface area contributed by atoms with Crippen LogP contribution in [0.5, 0.6) is 0 Å². The summed E-state index contributed by atoms with van der Waals surface area (Å²) in [6.07, 6.45) is 4.96. The van der Waals surface area contributed by atoms with E-state index in [-0.39, 0.29) is 17.4 Å². The van der Waals surface area contributed by atoms with Crippen LogP contribution in [-0.4, -0.2) is 38.4 Å². The average molecular weight is 374 g/mol. The van der Waals surface area contributed by atoms with E-state index in [1.165, 1.54) is 6.26 Å². The van der Waals surface area contributed by atoms with Crippen LogP contribution in [0.1, 0.15) is 36.2 Å². The van der Waals surface area contributed by atoms with Crippen molar-refractivity contribution in [1.82, 2.24) is 9.62 Å². The fourth-order valence-corrected chi connectivity index (χ4v) is 5.44. The first kappa shape index (κ1) is 17.3. The van der Waals surface area contributed by atoms with Crippen molar-refractivity contribution in [2.24, 2.45) is 5.41 Å². The molecule has 1 saturated carbocycles. The maximum atomic E-state index is 12.6. The van der Waals surface area contributed by atoms with Crippen molar-refractivity contribution in [3.8, 4) is 0 Å². The highest BCUT2D eigenvalue weighted by Crippen LogP contribution is 2.49. The maximum Gasteiger partial charge on any atom is 0.289 e. The van der Waals surface area contributed by atoms with Gasteiger partial charge in [0.1, 0.15) is 0 Å². The van der Waals surface area contributed by atoms with Crippen molar-refractivity contribution in [1.29, 1.82) is 0 Å². The summed E-state index contributed by atoms with van der Waals surface area (Å²) in [4.78, 5) is 14.5. The van der Waals surface area contributed by atoms with E-state index in [1.54, 1.807) is 47.4 Å². The van der Waals surface area contributed by atoms with Crippen molar-refractivity contribution in [2.75, 3.05) is 13.1 Å². The number of sulfonamides is 1. The molecule has 1 saturated heterocycles. The summed E-state index contributed by atoms with van der Waals surface area (Å²) in [6.45, 7) is 1.26. The zero-order chi connectivity index (χ0) is 18.2. The second-order valence-electron chi connectivity index (χ2n) is 7.16. The predicted molar refractivity (Wildman–Crippen MR) is 96.1 cm³/mol. The molecule has 2 heterocycles. The Morgan fingerprint density at radius 1 is 1.08 bits per heavy atom. The Hall–Kier alpha value is -2.12. The number of piperidine rings is 1. The van der Waals surface area contributed by atoms with E-state index in [0.29, 0.717) is 23.7 Å². The van der Waals surface area contributed by atoms with Crippen molar-refractivity contribution in [3.05, 3.63) is 54.5 Å². The van der Waals surface area contributed by atoms with E-state index in [0.717, 1.165) is 25.7 Å². The lowest BCUT2D eigenvalue weighted by Gasteiger charge is -2.53. The molecular weight excluding hydrogens is 352 g/mol. The van der Waals surface area contributed by atoms with Crippen LogP contribution in [-0.2, 0) is 10.0 Å².